The van der Waals surface area contributed by atoms with Crippen molar-refractivity contribution in [3.05, 3.63) is 29.8 Å². The van der Waals surface area contributed by atoms with Gasteiger partial charge in [-0.05, 0) is 30.5 Å². The lowest BCUT2D eigenvalue weighted by molar-refractivity contribution is -0.140. The molecule has 3 N–H and O–H groups in total. The Morgan fingerprint density at radius 2 is 2.00 bits per heavy atom. The van der Waals surface area contributed by atoms with E-state index in [1.807, 2.05) is 0 Å². The Hall–Kier alpha value is -1.55. The van der Waals surface area contributed by atoms with Crippen molar-refractivity contribution in [3.63, 3.8) is 0 Å². The molecule has 1 fully saturated rings. The fraction of sp³-hybridized carbons (Fsp3) is 0.500. The number of carboxylic acid groups (broad SMARTS) is 1. The van der Waals surface area contributed by atoms with E-state index in [0.29, 0.717) is 5.56 Å². The Kier molecular flexibility index (Phi) is 4.20. The smallest absolute Gasteiger partial charge is 0.325 e. The average molecular weight is 249 g/mol. The van der Waals surface area contributed by atoms with Crippen LogP contribution in [-0.2, 0) is 4.79 Å². The van der Waals surface area contributed by atoms with Crippen molar-refractivity contribution in [2.24, 2.45) is 0 Å². The molecule has 0 radical (unpaired) electrons. The summed E-state index contributed by atoms with van der Waals surface area (Å²) in [6, 6.07) is 5.98. The second kappa shape index (κ2) is 5.87. The number of aliphatic carboxylic acids is 1. The molecule has 1 atom stereocenters. The Labute approximate surface area is 107 Å². The molecule has 0 aromatic heterocycles. The van der Waals surface area contributed by atoms with Gasteiger partial charge in [-0.15, -0.1) is 0 Å². The number of nitrogens with one attached hydrogen (secondary N) is 1. The second-order valence-electron chi connectivity index (χ2n) is 4.87. The number of phenolic OH excluding ortho intramolecular Hbond substituents is 1. The van der Waals surface area contributed by atoms with Gasteiger partial charge in [0.1, 0.15) is 11.8 Å². The molecule has 1 aromatic carbocycles. The molecular weight excluding hydrogens is 230 g/mol. The van der Waals surface area contributed by atoms with E-state index >= 15 is 0 Å². The summed E-state index contributed by atoms with van der Waals surface area (Å²) >= 11 is 0. The standard InChI is InChI=1S/C14H19NO3/c16-12-8-4-5-10(9-12)13(14(17)18)15-11-6-2-1-3-7-11/h4-5,8-9,11,13,15-16H,1-3,6-7H2,(H,17,18). The summed E-state index contributed by atoms with van der Waals surface area (Å²) < 4.78 is 0. The van der Waals surface area contributed by atoms with Crippen molar-refractivity contribution in [1.82, 2.24) is 5.32 Å². The topological polar surface area (TPSA) is 69.6 Å². The van der Waals surface area contributed by atoms with Gasteiger partial charge in [-0.2, -0.15) is 0 Å². The fourth-order valence-corrected chi connectivity index (χ4v) is 2.52. The van der Waals surface area contributed by atoms with Crippen LogP contribution in [-0.4, -0.2) is 22.2 Å². The molecule has 4 nitrogen and oxygen atoms in total. The summed E-state index contributed by atoms with van der Waals surface area (Å²) in [4.78, 5) is 11.3. The Morgan fingerprint density at radius 1 is 1.28 bits per heavy atom. The number of carbonyl (C=O) groups is 1. The van der Waals surface area contributed by atoms with Crippen LogP contribution in [0, 0.1) is 0 Å². The quantitative estimate of drug-likeness (QED) is 0.766. The highest BCUT2D eigenvalue weighted by Gasteiger charge is 2.24. The summed E-state index contributed by atoms with van der Waals surface area (Å²) in [5, 5.41) is 21.9. The van der Waals surface area contributed by atoms with Gasteiger partial charge in [-0.25, -0.2) is 0 Å². The molecule has 0 saturated heterocycles. The first-order chi connectivity index (χ1) is 8.66. The summed E-state index contributed by atoms with van der Waals surface area (Å²) in [5.74, 6) is -0.796. The minimum absolute atomic E-state index is 0.101. The van der Waals surface area contributed by atoms with Gasteiger partial charge < -0.3 is 10.2 Å². The van der Waals surface area contributed by atoms with Crippen molar-refractivity contribution in [2.45, 2.75) is 44.2 Å². The molecule has 0 aliphatic heterocycles. The highest BCUT2D eigenvalue weighted by molar-refractivity contribution is 5.75. The van der Waals surface area contributed by atoms with Crippen LogP contribution in [0.1, 0.15) is 43.7 Å². The van der Waals surface area contributed by atoms with Crippen molar-refractivity contribution in [2.75, 3.05) is 0 Å². The maximum Gasteiger partial charge on any atom is 0.325 e. The van der Waals surface area contributed by atoms with Crippen LogP contribution in [0.4, 0.5) is 0 Å². The van der Waals surface area contributed by atoms with Gasteiger partial charge in [-0.3, -0.25) is 10.1 Å². The molecule has 1 aromatic rings. The van der Waals surface area contributed by atoms with Crippen LogP contribution in [0.15, 0.2) is 24.3 Å². The van der Waals surface area contributed by atoms with E-state index in [-0.39, 0.29) is 11.8 Å². The normalized spacial score (nSPS) is 18.4. The molecule has 0 bridgehead atoms. The van der Waals surface area contributed by atoms with Gasteiger partial charge in [0.15, 0.2) is 0 Å². The third-order valence-corrected chi connectivity index (χ3v) is 3.46. The van der Waals surface area contributed by atoms with Gasteiger partial charge in [-0.1, -0.05) is 31.4 Å². The molecule has 1 unspecified atom stereocenters. The molecule has 0 spiro atoms. The second-order valence-corrected chi connectivity index (χ2v) is 4.87. The number of phenols is 1. The largest absolute Gasteiger partial charge is 0.508 e. The molecule has 4 heteroatoms. The van der Waals surface area contributed by atoms with E-state index in [9.17, 15) is 15.0 Å². The molecule has 0 amide bonds. The third kappa shape index (κ3) is 3.23. The van der Waals surface area contributed by atoms with Crippen molar-refractivity contribution in [3.8, 4) is 5.75 Å². The Morgan fingerprint density at radius 3 is 2.61 bits per heavy atom. The number of rotatable bonds is 4. The Bertz CT molecular complexity index is 413. The summed E-state index contributed by atoms with van der Waals surface area (Å²) in [6.07, 6.45) is 5.61. The lowest BCUT2D eigenvalue weighted by Crippen LogP contribution is -2.38. The van der Waals surface area contributed by atoms with Gasteiger partial charge >= 0.3 is 5.97 Å². The highest BCUT2D eigenvalue weighted by atomic mass is 16.4. The van der Waals surface area contributed by atoms with E-state index in [2.05, 4.69) is 5.32 Å². The van der Waals surface area contributed by atoms with E-state index in [4.69, 9.17) is 0 Å². The maximum atomic E-state index is 11.3. The monoisotopic (exact) mass is 249 g/mol. The lowest BCUT2D eigenvalue weighted by atomic mass is 9.94. The molecular formula is C14H19NO3. The van der Waals surface area contributed by atoms with E-state index < -0.39 is 12.0 Å². The highest BCUT2D eigenvalue weighted by Crippen LogP contribution is 2.23. The predicted molar refractivity (Wildman–Crippen MR) is 68.5 cm³/mol. The van der Waals surface area contributed by atoms with Crippen LogP contribution in [0.3, 0.4) is 0 Å². The Balaban J connectivity index is 2.10. The fourth-order valence-electron chi connectivity index (χ4n) is 2.52. The van der Waals surface area contributed by atoms with Crippen LogP contribution in [0.5, 0.6) is 5.75 Å². The van der Waals surface area contributed by atoms with Crippen molar-refractivity contribution in [1.29, 1.82) is 0 Å². The van der Waals surface area contributed by atoms with Gasteiger partial charge in [0.25, 0.3) is 0 Å². The number of hydrogen-bond donors (Lipinski definition) is 3. The van der Waals surface area contributed by atoms with Crippen LogP contribution < -0.4 is 5.32 Å². The summed E-state index contributed by atoms with van der Waals surface area (Å²) in [6.45, 7) is 0. The first kappa shape index (κ1) is 12.9. The molecule has 18 heavy (non-hydrogen) atoms. The van der Waals surface area contributed by atoms with Crippen molar-refractivity contribution < 1.29 is 15.0 Å². The van der Waals surface area contributed by atoms with E-state index in [1.54, 1.807) is 18.2 Å². The zero-order chi connectivity index (χ0) is 13.0. The third-order valence-electron chi connectivity index (χ3n) is 3.46. The van der Waals surface area contributed by atoms with Crippen LogP contribution >= 0.6 is 0 Å². The number of hydrogen-bond acceptors (Lipinski definition) is 3. The molecule has 1 saturated carbocycles. The predicted octanol–water partition coefficient (Wildman–Crippen LogP) is 2.44. The minimum Gasteiger partial charge on any atom is -0.508 e. The maximum absolute atomic E-state index is 11.3. The molecule has 98 valence electrons. The molecule has 1 aliphatic rings. The zero-order valence-electron chi connectivity index (χ0n) is 10.3. The van der Waals surface area contributed by atoms with Crippen LogP contribution in [0.25, 0.3) is 0 Å². The average Bonchev–Trinajstić information content (AvgIpc) is 2.37. The van der Waals surface area contributed by atoms with Gasteiger partial charge in [0, 0.05) is 6.04 Å². The van der Waals surface area contributed by atoms with Gasteiger partial charge in [0.05, 0.1) is 0 Å². The minimum atomic E-state index is -0.897. The SMILES string of the molecule is O=C(O)C(NC1CCCCC1)c1cccc(O)c1. The number of aromatic hydroxyl groups is 1. The summed E-state index contributed by atoms with van der Waals surface area (Å²) in [7, 11) is 0. The van der Waals surface area contributed by atoms with Crippen LogP contribution in [0.2, 0.25) is 0 Å². The molecule has 2 rings (SSSR count). The van der Waals surface area contributed by atoms with E-state index in [0.717, 1.165) is 25.7 Å². The zero-order valence-corrected chi connectivity index (χ0v) is 10.3. The molecule has 1 aliphatic carbocycles. The van der Waals surface area contributed by atoms with Crippen molar-refractivity contribution >= 4 is 5.97 Å². The number of benzene rings is 1. The first-order valence-electron chi connectivity index (χ1n) is 6.44. The number of carboxylic acids is 1. The lowest BCUT2D eigenvalue weighted by Gasteiger charge is -2.26. The van der Waals surface area contributed by atoms with E-state index in [1.165, 1.54) is 12.5 Å². The summed E-state index contributed by atoms with van der Waals surface area (Å²) in [5.41, 5.74) is 0.605. The molecule has 0 heterocycles. The van der Waals surface area contributed by atoms with Gasteiger partial charge in [0.2, 0.25) is 0 Å². The first-order valence-corrected chi connectivity index (χ1v) is 6.44.